The summed E-state index contributed by atoms with van der Waals surface area (Å²) in [6, 6.07) is 10.4. The number of hydrogen-bond acceptors (Lipinski definition) is 2. The van der Waals surface area contributed by atoms with Crippen LogP contribution in [0.3, 0.4) is 0 Å². The molecule has 0 amide bonds. The molecule has 0 bridgehead atoms. The van der Waals surface area contributed by atoms with Crippen LogP contribution in [0, 0.1) is 5.92 Å². The van der Waals surface area contributed by atoms with E-state index < -0.39 is 0 Å². The molecule has 5 heteroatoms. The molecule has 1 aromatic carbocycles. The molecule has 0 aliphatic rings. The molecule has 0 aliphatic heterocycles. The molecule has 4 nitrogen and oxygen atoms in total. The summed E-state index contributed by atoms with van der Waals surface area (Å²) in [6.45, 7) is 7.62. The zero-order valence-corrected chi connectivity index (χ0v) is 16.3. The van der Waals surface area contributed by atoms with Crippen molar-refractivity contribution in [2.75, 3.05) is 33.4 Å². The summed E-state index contributed by atoms with van der Waals surface area (Å²) >= 11 is 0. The minimum atomic E-state index is 0. The summed E-state index contributed by atoms with van der Waals surface area (Å²) in [6.07, 6.45) is 2.11. The molecule has 0 aliphatic carbocycles. The Morgan fingerprint density at radius 2 is 1.77 bits per heavy atom. The van der Waals surface area contributed by atoms with Crippen LogP contribution in [0.2, 0.25) is 0 Å². The summed E-state index contributed by atoms with van der Waals surface area (Å²) in [4.78, 5) is 4.20. The smallest absolute Gasteiger partial charge is 0.191 e. The number of ether oxygens (including phenoxy) is 1. The molecule has 0 saturated heterocycles. The summed E-state index contributed by atoms with van der Waals surface area (Å²) in [5.74, 6) is 1.53. The second kappa shape index (κ2) is 13.8. The van der Waals surface area contributed by atoms with Crippen LogP contribution in [0.5, 0.6) is 0 Å². The zero-order valence-electron chi connectivity index (χ0n) is 14.0. The summed E-state index contributed by atoms with van der Waals surface area (Å²) < 4.78 is 5.57. The zero-order chi connectivity index (χ0) is 15.3. The second-order valence-corrected chi connectivity index (χ2v) is 5.46. The van der Waals surface area contributed by atoms with E-state index >= 15 is 0 Å². The molecule has 0 saturated carbocycles. The van der Waals surface area contributed by atoms with Crippen LogP contribution in [0.1, 0.15) is 25.8 Å². The highest BCUT2D eigenvalue weighted by Gasteiger charge is 1.98. The van der Waals surface area contributed by atoms with E-state index in [9.17, 15) is 0 Å². The SMILES string of the molecule is CN=C(NCCOCCC(C)C)NCCc1ccccc1.I. The summed E-state index contributed by atoms with van der Waals surface area (Å²) in [5, 5.41) is 6.57. The normalized spacial score (nSPS) is 11.2. The molecule has 0 unspecified atom stereocenters. The number of aliphatic imine (C=N–C) groups is 1. The Balaban J connectivity index is 0.00000441. The number of benzene rings is 1. The fourth-order valence-corrected chi connectivity index (χ4v) is 1.85. The van der Waals surface area contributed by atoms with Gasteiger partial charge in [0.1, 0.15) is 0 Å². The van der Waals surface area contributed by atoms with Crippen LogP contribution in [-0.2, 0) is 11.2 Å². The van der Waals surface area contributed by atoms with Gasteiger partial charge in [0.25, 0.3) is 0 Å². The number of guanidine groups is 1. The fourth-order valence-electron chi connectivity index (χ4n) is 1.85. The number of nitrogens with one attached hydrogen (secondary N) is 2. The van der Waals surface area contributed by atoms with Crippen molar-refractivity contribution in [1.29, 1.82) is 0 Å². The molecule has 1 rings (SSSR count). The Morgan fingerprint density at radius 1 is 1.09 bits per heavy atom. The van der Waals surface area contributed by atoms with Crippen LogP contribution in [0.25, 0.3) is 0 Å². The van der Waals surface area contributed by atoms with Gasteiger partial charge in [-0.05, 0) is 24.3 Å². The van der Waals surface area contributed by atoms with Gasteiger partial charge in [-0.2, -0.15) is 0 Å². The number of rotatable bonds is 9. The van der Waals surface area contributed by atoms with Crippen molar-refractivity contribution in [3.8, 4) is 0 Å². The molecule has 0 fully saturated rings. The van der Waals surface area contributed by atoms with Crippen LogP contribution >= 0.6 is 24.0 Å². The maximum absolute atomic E-state index is 5.57. The molecule has 2 N–H and O–H groups in total. The van der Waals surface area contributed by atoms with Gasteiger partial charge in [0, 0.05) is 26.7 Å². The highest BCUT2D eigenvalue weighted by Crippen LogP contribution is 1.98. The van der Waals surface area contributed by atoms with Crippen molar-refractivity contribution in [3.63, 3.8) is 0 Å². The quantitative estimate of drug-likeness (QED) is 0.280. The lowest BCUT2D eigenvalue weighted by Crippen LogP contribution is -2.39. The van der Waals surface area contributed by atoms with Gasteiger partial charge in [-0.3, -0.25) is 4.99 Å². The molecule has 0 radical (unpaired) electrons. The minimum Gasteiger partial charge on any atom is -0.380 e. The average Bonchev–Trinajstić information content (AvgIpc) is 2.49. The molecule has 0 aromatic heterocycles. The van der Waals surface area contributed by atoms with Gasteiger partial charge < -0.3 is 15.4 Å². The van der Waals surface area contributed by atoms with Crippen molar-refractivity contribution in [2.24, 2.45) is 10.9 Å². The van der Waals surface area contributed by atoms with Crippen LogP contribution in [0.15, 0.2) is 35.3 Å². The Kier molecular flexibility index (Phi) is 13.3. The first-order valence-corrected chi connectivity index (χ1v) is 7.78. The summed E-state index contributed by atoms with van der Waals surface area (Å²) in [7, 11) is 1.79. The average molecular weight is 419 g/mol. The molecule has 22 heavy (non-hydrogen) atoms. The standard InChI is InChI=1S/C17H29N3O.HI/c1-15(2)10-13-21-14-12-20-17(18-3)19-11-9-16-7-5-4-6-8-16;/h4-8,15H,9-14H2,1-3H3,(H2,18,19,20);1H. The predicted molar refractivity (Wildman–Crippen MR) is 105 cm³/mol. The van der Waals surface area contributed by atoms with E-state index in [0.29, 0.717) is 12.5 Å². The lowest BCUT2D eigenvalue weighted by Gasteiger charge is -2.12. The third kappa shape index (κ3) is 10.8. The number of halogens is 1. The third-order valence-electron chi connectivity index (χ3n) is 3.15. The molecule has 1 aromatic rings. The van der Waals surface area contributed by atoms with Gasteiger partial charge in [0.15, 0.2) is 5.96 Å². The third-order valence-corrected chi connectivity index (χ3v) is 3.15. The maximum Gasteiger partial charge on any atom is 0.191 e. The summed E-state index contributed by atoms with van der Waals surface area (Å²) in [5.41, 5.74) is 1.33. The van der Waals surface area contributed by atoms with E-state index in [1.807, 2.05) is 6.07 Å². The monoisotopic (exact) mass is 419 g/mol. The molecule has 0 atom stereocenters. The van der Waals surface area contributed by atoms with Crippen LogP contribution < -0.4 is 10.6 Å². The Labute approximate surface area is 152 Å². The Hall–Kier alpha value is -0.820. The molecular formula is C17H30IN3O. The van der Waals surface area contributed by atoms with Gasteiger partial charge in [-0.15, -0.1) is 24.0 Å². The van der Waals surface area contributed by atoms with E-state index in [0.717, 1.165) is 38.5 Å². The molecule has 0 spiro atoms. The Morgan fingerprint density at radius 3 is 2.41 bits per heavy atom. The van der Waals surface area contributed by atoms with Crippen molar-refractivity contribution in [2.45, 2.75) is 26.7 Å². The van der Waals surface area contributed by atoms with Crippen LogP contribution in [0.4, 0.5) is 0 Å². The lowest BCUT2D eigenvalue weighted by atomic mass is 10.1. The highest BCUT2D eigenvalue weighted by atomic mass is 127. The van der Waals surface area contributed by atoms with E-state index in [-0.39, 0.29) is 24.0 Å². The fraction of sp³-hybridized carbons (Fsp3) is 0.588. The van der Waals surface area contributed by atoms with Crippen molar-refractivity contribution < 1.29 is 4.74 Å². The van der Waals surface area contributed by atoms with Crippen molar-refractivity contribution >= 4 is 29.9 Å². The topological polar surface area (TPSA) is 45.7 Å². The largest absolute Gasteiger partial charge is 0.380 e. The second-order valence-electron chi connectivity index (χ2n) is 5.46. The Bertz CT molecular complexity index is 396. The van der Waals surface area contributed by atoms with E-state index in [4.69, 9.17) is 4.74 Å². The first kappa shape index (κ1) is 21.2. The predicted octanol–water partition coefficient (Wildman–Crippen LogP) is 3.07. The first-order chi connectivity index (χ1) is 10.2. The van der Waals surface area contributed by atoms with Gasteiger partial charge in [0.05, 0.1) is 6.61 Å². The highest BCUT2D eigenvalue weighted by molar-refractivity contribution is 14.0. The molecule has 0 heterocycles. The van der Waals surface area contributed by atoms with Crippen molar-refractivity contribution in [3.05, 3.63) is 35.9 Å². The first-order valence-electron chi connectivity index (χ1n) is 7.78. The number of nitrogens with zero attached hydrogens (tertiary/aromatic N) is 1. The van der Waals surface area contributed by atoms with Gasteiger partial charge >= 0.3 is 0 Å². The van der Waals surface area contributed by atoms with Gasteiger partial charge in [-0.25, -0.2) is 0 Å². The number of hydrogen-bond donors (Lipinski definition) is 2. The molecule has 126 valence electrons. The van der Waals surface area contributed by atoms with Gasteiger partial charge in [-0.1, -0.05) is 44.2 Å². The van der Waals surface area contributed by atoms with Gasteiger partial charge in [0.2, 0.25) is 0 Å². The van der Waals surface area contributed by atoms with Crippen molar-refractivity contribution in [1.82, 2.24) is 10.6 Å². The lowest BCUT2D eigenvalue weighted by molar-refractivity contribution is 0.128. The maximum atomic E-state index is 5.57. The van der Waals surface area contributed by atoms with E-state index in [1.54, 1.807) is 7.05 Å². The molecular weight excluding hydrogens is 389 g/mol. The van der Waals surface area contributed by atoms with Crippen LogP contribution in [-0.4, -0.2) is 39.3 Å². The van der Waals surface area contributed by atoms with E-state index in [2.05, 4.69) is 53.7 Å². The van der Waals surface area contributed by atoms with E-state index in [1.165, 1.54) is 5.56 Å². The minimum absolute atomic E-state index is 0.